The van der Waals surface area contributed by atoms with Gasteiger partial charge < -0.3 is 15.4 Å². The molecule has 134 valence electrons. The molecule has 1 saturated heterocycles. The molecule has 0 bridgehead atoms. The lowest BCUT2D eigenvalue weighted by Crippen LogP contribution is -2.32. The topological polar surface area (TPSA) is 105 Å². The van der Waals surface area contributed by atoms with Gasteiger partial charge in [0.05, 0.1) is 6.54 Å². The summed E-state index contributed by atoms with van der Waals surface area (Å²) in [5.74, 6) is -1.30. The Kier molecular flexibility index (Phi) is 6.76. The third kappa shape index (κ3) is 6.07. The van der Waals surface area contributed by atoms with E-state index in [9.17, 15) is 19.2 Å². The highest BCUT2D eigenvalue weighted by molar-refractivity contribution is 6.30. The first-order chi connectivity index (χ1) is 12.0. The first-order valence-electron chi connectivity index (χ1n) is 7.70. The molecule has 8 nitrogen and oxygen atoms in total. The number of urea groups is 1. The zero-order valence-electron chi connectivity index (χ0n) is 13.4. The largest absolute Gasteiger partial charge is 0.456 e. The van der Waals surface area contributed by atoms with Crippen molar-refractivity contribution < 1.29 is 23.9 Å². The Morgan fingerprint density at radius 2 is 1.96 bits per heavy atom. The summed E-state index contributed by atoms with van der Waals surface area (Å²) < 4.78 is 4.85. The number of benzene rings is 1. The van der Waals surface area contributed by atoms with Crippen LogP contribution in [0.3, 0.4) is 0 Å². The SMILES string of the molecule is O=C(COC(=O)CCCN1C(=O)CNC1=O)NCc1ccc(Cl)cc1. The van der Waals surface area contributed by atoms with Gasteiger partial charge in [-0.1, -0.05) is 23.7 Å². The molecule has 1 aliphatic rings. The third-order valence-corrected chi connectivity index (χ3v) is 3.72. The van der Waals surface area contributed by atoms with Crippen molar-refractivity contribution in [2.24, 2.45) is 0 Å². The molecule has 2 rings (SSSR count). The van der Waals surface area contributed by atoms with Gasteiger partial charge in [-0.25, -0.2) is 4.79 Å². The van der Waals surface area contributed by atoms with E-state index in [0.29, 0.717) is 11.6 Å². The number of carbonyl (C=O) groups is 4. The highest BCUT2D eigenvalue weighted by Crippen LogP contribution is 2.09. The first kappa shape index (κ1) is 18.7. The summed E-state index contributed by atoms with van der Waals surface area (Å²) in [6.45, 7) is 0.0505. The minimum Gasteiger partial charge on any atom is -0.456 e. The Balaban J connectivity index is 1.59. The average molecular weight is 368 g/mol. The van der Waals surface area contributed by atoms with Crippen LogP contribution in [-0.2, 0) is 25.7 Å². The van der Waals surface area contributed by atoms with Crippen molar-refractivity contribution in [1.82, 2.24) is 15.5 Å². The Hall–Kier alpha value is -2.61. The van der Waals surface area contributed by atoms with Crippen LogP contribution in [-0.4, -0.2) is 48.4 Å². The fraction of sp³-hybridized carbons (Fsp3) is 0.375. The molecule has 0 saturated carbocycles. The fourth-order valence-electron chi connectivity index (χ4n) is 2.14. The molecular weight excluding hydrogens is 350 g/mol. The Labute approximate surface area is 149 Å². The van der Waals surface area contributed by atoms with Gasteiger partial charge in [0.1, 0.15) is 0 Å². The van der Waals surface area contributed by atoms with E-state index in [4.69, 9.17) is 16.3 Å². The average Bonchev–Trinajstić information content (AvgIpc) is 2.91. The number of ether oxygens (including phenoxy) is 1. The quantitative estimate of drug-likeness (QED) is 0.523. The lowest BCUT2D eigenvalue weighted by molar-refractivity contribution is -0.148. The number of rotatable bonds is 8. The molecule has 0 unspecified atom stereocenters. The highest BCUT2D eigenvalue weighted by Gasteiger charge is 2.27. The molecular formula is C16H18ClN3O5. The van der Waals surface area contributed by atoms with Gasteiger partial charge in [-0.2, -0.15) is 0 Å². The van der Waals surface area contributed by atoms with E-state index in [1.807, 2.05) is 0 Å². The number of halogens is 1. The van der Waals surface area contributed by atoms with Crippen LogP contribution in [0, 0.1) is 0 Å². The summed E-state index contributed by atoms with van der Waals surface area (Å²) in [5, 5.41) is 5.62. The van der Waals surface area contributed by atoms with E-state index < -0.39 is 17.9 Å². The van der Waals surface area contributed by atoms with Gasteiger partial charge in [0, 0.05) is 24.5 Å². The maximum absolute atomic E-state index is 11.6. The molecule has 1 heterocycles. The molecule has 4 amide bonds. The Bertz CT molecular complexity index is 646. The van der Waals surface area contributed by atoms with Crippen molar-refractivity contribution in [3.63, 3.8) is 0 Å². The van der Waals surface area contributed by atoms with Gasteiger partial charge in [-0.15, -0.1) is 0 Å². The lowest BCUT2D eigenvalue weighted by Gasteiger charge is -2.11. The normalized spacial score (nSPS) is 13.6. The van der Waals surface area contributed by atoms with Crippen molar-refractivity contribution in [3.05, 3.63) is 34.9 Å². The number of hydrogen-bond acceptors (Lipinski definition) is 5. The van der Waals surface area contributed by atoms with E-state index in [-0.39, 0.29) is 38.4 Å². The molecule has 0 radical (unpaired) electrons. The van der Waals surface area contributed by atoms with Crippen molar-refractivity contribution in [3.8, 4) is 0 Å². The summed E-state index contributed by atoms with van der Waals surface area (Å²) in [6.07, 6.45) is 0.298. The smallest absolute Gasteiger partial charge is 0.324 e. The number of carbonyl (C=O) groups excluding carboxylic acids is 4. The van der Waals surface area contributed by atoms with E-state index in [0.717, 1.165) is 10.5 Å². The van der Waals surface area contributed by atoms with Crippen LogP contribution in [0.5, 0.6) is 0 Å². The lowest BCUT2D eigenvalue weighted by atomic mass is 10.2. The van der Waals surface area contributed by atoms with E-state index in [1.165, 1.54) is 0 Å². The summed E-state index contributed by atoms with van der Waals surface area (Å²) >= 11 is 5.77. The number of esters is 1. The standard InChI is InChI=1S/C16H18ClN3O5/c17-12-5-3-11(4-6-12)8-18-13(21)10-25-15(23)2-1-7-20-14(22)9-19-16(20)24/h3-6H,1-2,7-10H2,(H,18,21)(H,19,24). The molecule has 0 atom stereocenters. The van der Waals surface area contributed by atoms with Crippen molar-refractivity contribution in [2.45, 2.75) is 19.4 Å². The molecule has 0 aliphatic carbocycles. The second-order valence-electron chi connectivity index (χ2n) is 5.37. The maximum Gasteiger partial charge on any atom is 0.324 e. The predicted octanol–water partition coefficient (Wildman–Crippen LogP) is 0.831. The Morgan fingerprint density at radius 3 is 2.60 bits per heavy atom. The van der Waals surface area contributed by atoms with Crippen LogP contribution in [0.2, 0.25) is 5.02 Å². The molecule has 0 spiro atoms. The summed E-state index contributed by atoms with van der Waals surface area (Å²) in [7, 11) is 0. The minimum atomic E-state index is -0.561. The minimum absolute atomic E-state index is 0.0154. The number of nitrogens with one attached hydrogen (secondary N) is 2. The van der Waals surface area contributed by atoms with Crippen molar-refractivity contribution >= 4 is 35.4 Å². The number of imide groups is 1. The van der Waals surface area contributed by atoms with Gasteiger partial charge in [-0.05, 0) is 24.1 Å². The van der Waals surface area contributed by atoms with Gasteiger partial charge in [0.25, 0.3) is 5.91 Å². The zero-order chi connectivity index (χ0) is 18.2. The van der Waals surface area contributed by atoms with Crippen LogP contribution < -0.4 is 10.6 Å². The summed E-state index contributed by atoms with van der Waals surface area (Å²) in [4.78, 5) is 46.9. The monoisotopic (exact) mass is 367 g/mol. The van der Waals surface area contributed by atoms with Crippen molar-refractivity contribution in [1.29, 1.82) is 0 Å². The molecule has 1 aromatic rings. The van der Waals surface area contributed by atoms with E-state index in [2.05, 4.69) is 10.6 Å². The van der Waals surface area contributed by atoms with Crippen LogP contribution >= 0.6 is 11.6 Å². The molecule has 1 fully saturated rings. The van der Waals surface area contributed by atoms with Gasteiger partial charge in [0.15, 0.2) is 6.61 Å². The number of amides is 4. The van der Waals surface area contributed by atoms with E-state index in [1.54, 1.807) is 24.3 Å². The van der Waals surface area contributed by atoms with Crippen LogP contribution in [0.1, 0.15) is 18.4 Å². The molecule has 9 heteroatoms. The van der Waals surface area contributed by atoms with Gasteiger partial charge >= 0.3 is 12.0 Å². The molecule has 0 aromatic heterocycles. The number of nitrogens with zero attached hydrogens (tertiary/aromatic N) is 1. The highest BCUT2D eigenvalue weighted by atomic mass is 35.5. The zero-order valence-corrected chi connectivity index (χ0v) is 14.2. The van der Waals surface area contributed by atoms with Crippen LogP contribution in [0.25, 0.3) is 0 Å². The number of hydrogen-bond donors (Lipinski definition) is 2. The van der Waals surface area contributed by atoms with Gasteiger partial charge in [-0.3, -0.25) is 19.3 Å². The fourth-order valence-corrected chi connectivity index (χ4v) is 2.26. The maximum atomic E-state index is 11.6. The molecule has 1 aromatic carbocycles. The first-order valence-corrected chi connectivity index (χ1v) is 8.08. The Morgan fingerprint density at radius 1 is 1.24 bits per heavy atom. The molecule has 1 aliphatic heterocycles. The predicted molar refractivity (Wildman–Crippen MR) is 88.6 cm³/mol. The van der Waals surface area contributed by atoms with Crippen LogP contribution in [0.4, 0.5) is 4.79 Å². The van der Waals surface area contributed by atoms with Gasteiger partial charge in [0.2, 0.25) is 5.91 Å². The molecule has 2 N–H and O–H groups in total. The molecule has 25 heavy (non-hydrogen) atoms. The second kappa shape index (κ2) is 9.03. The summed E-state index contributed by atoms with van der Waals surface area (Å²) in [6, 6.07) is 6.54. The summed E-state index contributed by atoms with van der Waals surface area (Å²) in [5.41, 5.74) is 0.873. The van der Waals surface area contributed by atoms with E-state index >= 15 is 0 Å². The third-order valence-electron chi connectivity index (χ3n) is 3.47. The van der Waals surface area contributed by atoms with Crippen molar-refractivity contribution in [2.75, 3.05) is 19.7 Å². The second-order valence-corrected chi connectivity index (χ2v) is 5.81. The van der Waals surface area contributed by atoms with Crippen LogP contribution in [0.15, 0.2) is 24.3 Å².